The van der Waals surface area contributed by atoms with Crippen LogP contribution in [0.25, 0.3) is 0 Å². The molecule has 1 aromatic carbocycles. The second kappa shape index (κ2) is 5.16. The van der Waals surface area contributed by atoms with E-state index in [-0.39, 0.29) is 5.97 Å². The molecule has 0 radical (unpaired) electrons. The van der Waals surface area contributed by atoms with Gasteiger partial charge in [-0.15, -0.1) is 0 Å². The third-order valence-corrected chi connectivity index (χ3v) is 3.97. The highest BCUT2D eigenvalue weighted by atomic mass is 28.3. The van der Waals surface area contributed by atoms with Gasteiger partial charge >= 0.3 is 5.97 Å². The van der Waals surface area contributed by atoms with Crippen molar-refractivity contribution >= 4 is 19.7 Å². The summed E-state index contributed by atoms with van der Waals surface area (Å²) in [6.45, 7) is 7.23. The van der Waals surface area contributed by atoms with Crippen molar-refractivity contribution in [3.63, 3.8) is 0 Å². The molecule has 0 amide bonds. The Morgan fingerprint density at radius 3 is 2.50 bits per heavy atom. The summed E-state index contributed by atoms with van der Waals surface area (Å²) < 4.78 is 5.20. The van der Waals surface area contributed by atoms with Gasteiger partial charge in [-0.1, -0.05) is 31.8 Å². The van der Waals surface area contributed by atoms with Gasteiger partial charge in [0, 0.05) is 13.8 Å². The molecule has 0 aromatic heterocycles. The highest BCUT2D eigenvalue weighted by Gasteiger charge is 2.15. The van der Waals surface area contributed by atoms with Gasteiger partial charge in [0.15, 0.2) is 0 Å². The first-order valence-electron chi connectivity index (χ1n) is 5.42. The summed E-state index contributed by atoms with van der Waals surface area (Å²) in [7, 11) is -1.15. The zero-order chi connectivity index (χ0) is 12.2. The zero-order valence-corrected chi connectivity index (χ0v) is 11.1. The van der Waals surface area contributed by atoms with E-state index in [1.165, 1.54) is 0 Å². The molecule has 1 rings (SSSR count). The molecule has 0 saturated carbocycles. The molecule has 2 N–H and O–H groups in total. The standard InChI is InChI=1S/C12H19NO2Si/c1-16(2,3)9-8-15-12(14)10-6-4-5-7-11(10)13/h4-7H,8-9,13H2,1-3H3. The van der Waals surface area contributed by atoms with E-state index < -0.39 is 8.07 Å². The van der Waals surface area contributed by atoms with Crippen LogP contribution in [0.5, 0.6) is 0 Å². The summed E-state index contributed by atoms with van der Waals surface area (Å²) in [4.78, 5) is 11.7. The molecule has 0 heterocycles. The number of nitrogens with two attached hydrogens (primary N) is 1. The number of anilines is 1. The fourth-order valence-electron chi connectivity index (χ4n) is 1.21. The lowest BCUT2D eigenvalue weighted by Gasteiger charge is -2.15. The number of carbonyl (C=O) groups excluding carboxylic acids is 1. The van der Waals surface area contributed by atoms with Gasteiger partial charge in [0.1, 0.15) is 0 Å². The Hall–Kier alpha value is -1.29. The number of para-hydroxylation sites is 1. The molecule has 0 atom stereocenters. The molecular weight excluding hydrogens is 218 g/mol. The Morgan fingerprint density at radius 2 is 1.94 bits per heavy atom. The molecule has 0 aliphatic rings. The van der Waals surface area contributed by atoms with Crippen LogP contribution < -0.4 is 5.73 Å². The smallest absolute Gasteiger partial charge is 0.340 e. The van der Waals surface area contributed by atoms with Crippen LogP contribution in [-0.4, -0.2) is 20.7 Å². The second-order valence-electron chi connectivity index (χ2n) is 5.03. The van der Waals surface area contributed by atoms with Crippen LogP contribution in [0.2, 0.25) is 25.7 Å². The monoisotopic (exact) mass is 237 g/mol. The van der Waals surface area contributed by atoms with Crippen molar-refractivity contribution in [2.24, 2.45) is 0 Å². The van der Waals surface area contributed by atoms with Crippen LogP contribution in [0.15, 0.2) is 24.3 Å². The molecule has 1 aromatic rings. The lowest BCUT2D eigenvalue weighted by molar-refractivity contribution is 0.0526. The van der Waals surface area contributed by atoms with Crippen molar-refractivity contribution in [2.45, 2.75) is 25.7 Å². The lowest BCUT2D eigenvalue weighted by Crippen LogP contribution is -2.22. The van der Waals surface area contributed by atoms with Crippen molar-refractivity contribution in [3.05, 3.63) is 29.8 Å². The van der Waals surface area contributed by atoms with Gasteiger partial charge in [0.05, 0.1) is 12.2 Å². The van der Waals surface area contributed by atoms with Gasteiger partial charge in [-0.3, -0.25) is 0 Å². The van der Waals surface area contributed by atoms with Gasteiger partial charge in [-0.2, -0.15) is 0 Å². The molecule has 0 fully saturated rings. The Kier molecular flexibility index (Phi) is 4.12. The number of carbonyl (C=O) groups is 1. The van der Waals surface area contributed by atoms with Crippen LogP contribution in [0.1, 0.15) is 10.4 Å². The molecule has 0 unspecified atom stereocenters. The number of hydrogen-bond donors (Lipinski definition) is 1. The quantitative estimate of drug-likeness (QED) is 0.497. The van der Waals surface area contributed by atoms with Gasteiger partial charge in [-0.05, 0) is 18.2 Å². The van der Waals surface area contributed by atoms with Crippen molar-refractivity contribution in [3.8, 4) is 0 Å². The maximum absolute atomic E-state index is 11.7. The molecule has 4 heteroatoms. The minimum Gasteiger partial charge on any atom is -0.462 e. The third-order valence-electron chi connectivity index (χ3n) is 2.27. The second-order valence-corrected chi connectivity index (χ2v) is 10.7. The first-order chi connectivity index (χ1) is 7.40. The van der Waals surface area contributed by atoms with E-state index >= 15 is 0 Å². The van der Waals surface area contributed by atoms with Crippen molar-refractivity contribution in [1.82, 2.24) is 0 Å². The first-order valence-corrected chi connectivity index (χ1v) is 9.12. The maximum Gasteiger partial charge on any atom is 0.340 e. The normalized spacial score (nSPS) is 11.2. The van der Waals surface area contributed by atoms with E-state index in [0.717, 1.165) is 6.04 Å². The van der Waals surface area contributed by atoms with Crippen molar-refractivity contribution in [2.75, 3.05) is 12.3 Å². The Bertz CT molecular complexity index is 372. The van der Waals surface area contributed by atoms with Crippen molar-refractivity contribution in [1.29, 1.82) is 0 Å². The summed E-state index contributed by atoms with van der Waals surface area (Å²) in [6, 6.07) is 7.95. The van der Waals surface area contributed by atoms with Crippen LogP contribution >= 0.6 is 0 Å². The highest BCUT2D eigenvalue weighted by Crippen LogP contribution is 2.13. The average molecular weight is 237 g/mol. The molecule has 0 bridgehead atoms. The summed E-state index contributed by atoms with van der Waals surface area (Å²) >= 11 is 0. The van der Waals surface area contributed by atoms with E-state index in [1.807, 2.05) is 0 Å². The maximum atomic E-state index is 11.7. The molecule has 16 heavy (non-hydrogen) atoms. The third kappa shape index (κ3) is 4.06. The molecule has 0 spiro atoms. The van der Waals surface area contributed by atoms with E-state index in [9.17, 15) is 4.79 Å². The van der Waals surface area contributed by atoms with Gasteiger partial charge < -0.3 is 10.5 Å². The zero-order valence-electron chi connectivity index (χ0n) is 10.1. The molecular formula is C12H19NO2Si. The van der Waals surface area contributed by atoms with Gasteiger partial charge in [0.2, 0.25) is 0 Å². The van der Waals surface area contributed by atoms with Crippen LogP contribution in [0, 0.1) is 0 Å². The molecule has 0 saturated heterocycles. The number of ether oxygens (including phenoxy) is 1. The van der Waals surface area contributed by atoms with Gasteiger partial charge in [0.25, 0.3) is 0 Å². The number of benzene rings is 1. The van der Waals surface area contributed by atoms with Gasteiger partial charge in [-0.25, -0.2) is 4.79 Å². The van der Waals surface area contributed by atoms with E-state index in [0.29, 0.717) is 17.9 Å². The van der Waals surface area contributed by atoms with E-state index in [4.69, 9.17) is 10.5 Å². The lowest BCUT2D eigenvalue weighted by atomic mass is 10.2. The number of hydrogen-bond acceptors (Lipinski definition) is 3. The Balaban J connectivity index is 2.51. The number of nitrogen functional groups attached to an aromatic ring is 1. The fraction of sp³-hybridized carbons (Fsp3) is 0.417. The molecule has 0 aliphatic carbocycles. The topological polar surface area (TPSA) is 52.3 Å². The SMILES string of the molecule is C[Si](C)(C)CCOC(=O)c1ccccc1N. The summed E-state index contributed by atoms with van der Waals surface area (Å²) in [5.41, 5.74) is 6.62. The molecule has 3 nitrogen and oxygen atoms in total. The predicted molar refractivity (Wildman–Crippen MR) is 69.3 cm³/mol. The first kappa shape index (κ1) is 12.8. The van der Waals surface area contributed by atoms with E-state index in [2.05, 4.69) is 19.6 Å². The van der Waals surface area contributed by atoms with Crippen molar-refractivity contribution < 1.29 is 9.53 Å². The van der Waals surface area contributed by atoms with Crippen LogP contribution in [0.3, 0.4) is 0 Å². The van der Waals surface area contributed by atoms with Crippen LogP contribution in [-0.2, 0) is 4.74 Å². The summed E-state index contributed by atoms with van der Waals surface area (Å²) in [5, 5.41) is 0. The highest BCUT2D eigenvalue weighted by molar-refractivity contribution is 6.76. The minimum absolute atomic E-state index is 0.323. The summed E-state index contributed by atoms with van der Waals surface area (Å²) in [6.07, 6.45) is 0. The molecule has 88 valence electrons. The average Bonchev–Trinajstić information content (AvgIpc) is 2.16. The Labute approximate surface area is 97.6 Å². The van der Waals surface area contributed by atoms with E-state index in [1.54, 1.807) is 24.3 Å². The largest absolute Gasteiger partial charge is 0.462 e. The Morgan fingerprint density at radius 1 is 1.31 bits per heavy atom. The molecule has 0 aliphatic heterocycles. The van der Waals surface area contributed by atoms with Crippen LogP contribution in [0.4, 0.5) is 5.69 Å². The number of esters is 1. The summed E-state index contributed by atoms with van der Waals surface area (Å²) in [5.74, 6) is -0.323. The minimum atomic E-state index is -1.15. The number of rotatable bonds is 4. The predicted octanol–water partition coefficient (Wildman–Crippen LogP) is 2.76. The fourth-order valence-corrected chi connectivity index (χ4v) is 1.93.